The second kappa shape index (κ2) is 6.24. The Balaban J connectivity index is 2.59. The van der Waals surface area contributed by atoms with Crippen molar-refractivity contribution < 1.29 is 4.39 Å². The van der Waals surface area contributed by atoms with Crippen molar-refractivity contribution in [3.63, 3.8) is 0 Å². The van der Waals surface area contributed by atoms with Gasteiger partial charge in [0.2, 0.25) is 0 Å². The Bertz CT molecular complexity index is 650. The third-order valence-corrected chi connectivity index (χ3v) is 4.44. The van der Waals surface area contributed by atoms with Crippen molar-refractivity contribution in [3.05, 3.63) is 43.3 Å². The second-order valence-corrected chi connectivity index (χ2v) is 6.19. The molecule has 2 rings (SSSR count). The quantitative estimate of drug-likeness (QED) is 0.690. The molecule has 6 heteroatoms. The number of H-pyrrole nitrogens is 1. The molecule has 0 aliphatic rings. The van der Waals surface area contributed by atoms with E-state index in [-0.39, 0.29) is 5.82 Å². The lowest BCUT2D eigenvalue weighted by Gasteiger charge is -2.08. The number of nitrogens with zero attached hydrogens (tertiary/aromatic N) is 1. The van der Waals surface area contributed by atoms with Gasteiger partial charge in [0.15, 0.2) is 0 Å². The van der Waals surface area contributed by atoms with E-state index in [1.807, 2.05) is 0 Å². The molecule has 1 N–H and O–H groups in total. The van der Waals surface area contributed by atoms with Crippen LogP contribution in [0.2, 0.25) is 0 Å². The summed E-state index contributed by atoms with van der Waals surface area (Å²) in [7, 11) is 0. The van der Waals surface area contributed by atoms with Crippen LogP contribution in [0.25, 0.3) is 11.4 Å². The van der Waals surface area contributed by atoms with E-state index in [0.717, 1.165) is 23.0 Å². The summed E-state index contributed by atoms with van der Waals surface area (Å²) in [6.45, 7) is 2.09. The summed E-state index contributed by atoms with van der Waals surface area (Å²) in [5.74, 6) is 0.266. The molecule has 0 aliphatic carbocycles. The number of benzene rings is 1. The Labute approximate surface area is 132 Å². The van der Waals surface area contributed by atoms with Crippen LogP contribution in [0.1, 0.15) is 19.0 Å². The number of rotatable bonds is 3. The van der Waals surface area contributed by atoms with Crippen molar-refractivity contribution in [1.82, 2.24) is 9.97 Å². The second-order valence-electron chi connectivity index (χ2n) is 4.09. The molecule has 0 bridgehead atoms. The lowest BCUT2D eigenvalue weighted by Crippen LogP contribution is -1.98. The van der Waals surface area contributed by atoms with E-state index in [4.69, 9.17) is 12.2 Å². The van der Waals surface area contributed by atoms with Crippen LogP contribution in [0.5, 0.6) is 0 Å². The van der Waals surface area contributed by atoms with E-state index >= 15 is 0 Å². The van der Waals surface area contributed by atoms with E-state index in [1.54, 1.807) is 6.07 Å². The molecule has 100 valence electrons. The topological polar surface area (TPSA) is 28.7 Å². The summed E-state index contributed by atoms with van der Waals surface area (Å²) in [6.07, 6.45) is 1.84. The Kier molecular flexibility index (Phi) is 4.86. The molecule has 0 amide bonds. The molecular formula is C13H11Br2FN2S. The zero-order valence-electron chi connectivity index (χ0n) is 10.1. The number of aryl methyl sites for hydroxylation is 1. The first-order valence-corrected chi connectivity index (χ1v) is 7.76. The van der Waals surface area contributed by atoms with Crippen molar-refractivity contribution in [2.45, 2.75) is 19.8 Å². The molecule has 2 nitrogen and oxygen atoms in total. The summed E-state index contributed by atoms with van der Waals surface area (Å²) in [5.41, 5.74) is 1.65. The summed E-state index contributed by atoms with van der Waals surface area (Å²) in [5, 5.41) is 0. The highest BCUT2D eigenvalue weighted by Crippen LogP contribution is 2.25. The lowest BCUT2D eigenvalue weighted by molar-refractivity contribution is 0.627. The highest BCUT2D eigenvalue weighted by atomic mass is 79.9. The molecule has 2 aromatic rings. The van der Waals surface area contributed by atoms with Gasteiger partial charge in [-0.2, -0.15) is 0 Å². The fourth-order valence-corrected chi connectivity index (χ4v) is 2.82. The molecule has 0 aliphatic heterocycles. The van der Waals surface area contributed by atoms with E-state index < -0.39 is 0 Å². The van der Waals surface area contributed by atoms with Gasteiger partial charge >= 0.3 is 0 Å². The maximum Gasteiger partial charge on any atom is 0.144 e. The molecule has 0 saturated carbocycles. The van der Waals surface area contributed by atoms with Crippen molar-refractivity contribution in [2.75, 3.05) is 0 Å². The molecule has 0 fully saturated rings. The van der Waals surface area contributed by atoms with Gasteiger partial charge in [-0.05, 0) is 40.5 Å². The van der Waals surface area contributed by atoms with Gasteiger partial charge in [0.05, 0.1) is 4.47 Å². The number of halogens is 3. The summed E-state index contributed by atoms with van der Waals surface area (Å²) < 4.78 is 15.4. The van der Waals surface area contributed by atoms with Gasteiger partial charge in [0, 0.05) is 15.7 Å². The monoisotopic (exact) mass is 404 g/mol. The molecule has 0 saturated heterocycles. The van der Waals surface area contributed by atoms with E-state index in [1.165, 1.54) is 12.1 Å². The van der Waals surface area contributed by atoms with Crippen LogP contribution in [0.4, 0.5) is 4.39 Å². The SMILES string of the molecule is CCCc1[nH]c(-c2cc(F)cc(Br)c2)nc(=S)c1Br. The van der Waals surface area contributed by atoms with Crippen molar-refractivity contribution >= 4 is 44.1 Å². The normalized spacial score (nSPS) is 10.7. The molecule has 0 atom stereocenters. The highest BCUT2D eigenvalue weighted by molar-refractivity contribution is 9.10. The van der Waals surface area contributed by atoms with Crippen molar-refractivity contribution in [1.29, 1.82) is 0 Å². The smallest absolute Gasteiger partial charge is 0.144 e. The van der Waals surface area contributed by atoms with Crippen LogP contribution >= 0.6 is 44.1 Å². The van der Waals surface area contributed by atoms with Gasteiger partial charge in [-0.1, -0.05) is 41.5 Å². The van der Waals surface area contributed by atoms with Crippen LogP contribution in [0.15, 0.2) is 27.1 Å². The van der Waals surface area contributed by atoms with Crippen LogP contribution in [-0.4, -0.2) is 9.97 Å². The number of aromatic amines is 1. The van der Waals surface area contributed by atoms with E-state index in [9.17, 15) is 4.39 Å². The molecular weight excluding hydrogens is 395 g/mol. The first-order valence-electron chi connectivity index (χ1n) is 5.76. The van der Waals surface area contributed by atoms with Crippen LogP contribution in [0.3, 0.4) is 0 Å². The Morgan fingerprint density at radius 1 is 1.32 bits per heavy atom. The van der Waals surface area contributed by atoms with Crippen molar-refractivity contribution in [2.24, 2.45) is 0 Å². The first-order chi connectivity index (χ1) is 9.01. The van der Waals surface area contributed by atoms with Gasteiger partial charge in [0.1, 0.15) is 16.3 Å². The van der Waals surface area contributed by atoms with Crippen LogP contribution in [0, 0.1) is 10.5 Å². The zero-order valence-corrected chi connectivity index (χ0v) is 14.1. The molecule has 1 heterocycles. The third-order valence-electron chi connectivity index (χ3n) is 2.57. The van der Waals surface area contributed by atoms with E-state index in [2.05, 4.69) is 48.8 Å². The fourth-order valence-electron chi connectivity index (χ4n) is 1.75. The minimum Gasteiger partial charge on any atom is -0.342 e. The molecule has 0 spiro atoms. The number of hydrogen-bond acceptors (Lipinski definition) is 2. The average molecular weight is 406 g/mol. The Morgan fingerprint density at radius 3 is 2.68 bits per heavy atom. The number of nitrogens with one attached hydrogen (secondary N) is 1. The molecule has 0 unspecified atom stereocenters. The third kappa shape index (κ3) is 3.49. The predicted molar refractivity (Wildman–Crippen MR) is 84.2 cm³/mol. The van der Waals surface area contributed by atoms with Gasteiger partial charge in [-0.15, -0.1) is 0 Å². The maximum absolute atomic E-state index is 13.4. The van der Waals surface area contributed by atoms with Crippen LogP contribution in [-0.2, 0) is 6.42 Å². The number of hydrogen-bond donors (Lipinski definition) is 1. The largest absolute Gasteiger partial charge is 0.342 e. The Morgan fingerprint density at radius 2 is 2.05 bits per heavy atom. The number of aromatic nitrogens is 2. The van der Waals surface area contributed by atoms with Crippen LogP contribution < -0.4 is 0 Å². The lowest BCUT2D eigenvalue weighted by atomic mass is 10.2. The summed E-state index contributed by atoms with van der Waals surface area (Å²) in [4.78, 5) is 7.51. The first kappa shape index (κ1) is 14.8. The molecule has 19 heavy (non-hydrogen) atoms. The fraction of sp³-hybridized carbons (Fsp3) is 0.231. The highest BCUT2D eigenvalue weighted by Gasteiger charge is 2.09. The Hall–Kier alpha value is -0.590. The summed E-state index contributed by atoms with van der Waals surface area (Å²) in [6, 6.07) is 4.65. The average Bonchev–Trinajstić information content (AvgIpc) is 2.33. The summed E-state index contributed by atoms with van der Waals surface area (Å²) >= 11 is 11.9. The molecule has 1 aromatic carbocycles. The van der Waals surface area contributed by atoms with Gasteiger partial charge in [-0.25, -0.2) is 9.37 Å². The van der Waals surface area contributed by atoms with Gasteiger partial charge < -0.3 is 4.98 Å². The molecule has 0 radical (unpaired) electrons. The van der Waals surface area contributed by atoms with Gasteiger partial charge in [-0.3, -0.25) is 0 Å². The van der Waals surface area contributed by atoms with Gasteiger partial charge in [0.25, 0.3) is 0 Å². The predicted octanol–water partition coefficient (Wildman–Crippen LogP) is 5.42. The van der Waals surface area contributed by atoms with E-state index in [0.29, 0.717) is 20.5 Å². The van der Waals surface area contributed by atoms with Crippen molar-refractivity contribution in [3.8, 4) is 11.4 Å². The molecule has 1 aromatic heterocycles. The zero-order chi connectivity index (χ0) is 14.0. The minimum absolute atomic E-state index is 0.314. The minimum atomic E-state index is -0.314. The standard InChI is InChI=1S/C13H11Br2FN2S/c1-2-3-10-11(15)13(19)18-12(17-10)7-4-8(14)6-9(16)5-7/h4-6H,2-3H2,1H3,(H,17,18,19). The maximum atomic E-state index is 13.4.